The fourth-order valence-electron chi connectivity index (χ4n) is 0.886. The molecular formula is C5H6N2O. The van der Waals surface area contributed by atoms with Crippen molar-refractivity contribution in [3.8, 4) is 0 Å². The van der Waals surface area contributed by atoms with Crippen LogP contribution in [0.25, 0.3) is 0 Å². The van der Waals surface area contributed by atoms with Crippen LogP contribution in [0, 0.1) is 0 Å². The summed E-state index contributed by atoms with van der Waals surface area (Å²) in [6, 6.07) is 0. The fourth-order valence-corrected chi connectivity index (χ4v) is 0.886. The van der Waals surface area contributed by atoms with Crippen molar-refractivity contribution in [2.45, 2.75) is 6.42 Å². The van der Waals surface area contributed by atoms with Crippen LogP contribution in [0.5, 0.6) is 0 Å². The number of fused-ring (bicyclic) bond motifs is 1. The summed E-state index contributed by atoms with van der Waals surface area (Å²) in [6.07, 6.45) is 2.45. The zero-order chi connectivity index (χ0) is 5.40. The van der Waals surface area contributed by atoms with Crippen LogP contribution in [0.1, 0.15) is 5.76 Å². The number of aromatic nitrogens is 1. The highest BCUT2D eigenvalue weighted by Gasteiger charge is 2.12. The third-order valence-electron chi connectivity index (χ3n) is 1.29. The minimum Gasteiger partial charge on any atom is -0.446 e. The highest BCUT2D eigenvalue weighted by atomic mass is 16.3. The third-order valence-corrected chi connectivity index (χ3v) is 1.29. The average Bonchev–Trinajstić information content (AvgIpc) is 2.15. The van der Waals surface area contributed by atoms with Gasteiger partial charge in [-0.25, -0.2) is 0 Å². The molecule has 0 spiro atoms. The summed E-state index contributed by atoms with van der Waals surface area (Å²) < 4.78 is 5.00. The molecule has 1 aliphatic rings. The standard InChI is InChI=1S/C5H6N2O/c1-2-6-5-4(1)8-3-7-5/h3,6H,1-2H2. The molecule has 1 aromatic rings. The first-order valence-electron chi connectivity index (χ1n) is 2.63. The third kappa shape index (κ3) is 0.358. The molecule has 1 N–H and O–H groups in total. The van der Waals surface area contributed by atoms with Gasteiger partial charge in [-0.1, -0.05) is 0 Å². The van der Waals surface area contributed by atoms with Gasteiger partial charge in [-0.15, -0.1) is 0 Å². The van der Waals surface area contributed by atoms with Gasteiger partial charge in [0.05, 0.1) is 0 Å². The number of hydrogen-bond acceptors (Lipinski definition) is 3. The predicted molar refractivity (Wildman–Crippen MR) is 28.7 cm³/mol. The Bertz CT molecular complexity index is 176. The molecule has 3 nitrogen and oxygen atoms in total. The van der Waals surface area contributed by atoms with E-state index in [4.69, 9.17) is 4.42 Å². The van der Waals surface area contributed by atoms with Crippen LogP contribution in [0.15, 0.2) is 10.8 Å². The second-order valence-electron chi connectivity index (χ2n) is 1.80. The van der Waals surface area contributed by atoms with E-state index in [0.717, 1.165) is 24.5 Å². The average molecular weight is 110 g/mol. The molecule has 0 aliphatic carbocycles. The molecule has 0 saturated heterocycles. The first kappa shape index (κ1) is 3.95. The SMILES string of the molecule is c1nc2c(o1)CCN2. The van der Waals surface area contributed by atoms with E-state index >= 15 is 0 Å². The number of oxazole rings is 1. The maximum absolute atomic E-state index is 5.00. The number of anilines is 1. The van der Waals surface area contributed by atoms with Crippen molar-refractivity contribution in [2.75, 3.05) is 11.9 Å². The van der Waals surface area contributed by atoms with Gasteiger partial charge in [0.1, 0.15) is 5.76 Å². The molecule has 0 radical (unpaired) electrons. The molecule has 0 fully saturated rings. The molecule has 0 amide bonds. The van der Waals surface area contributed by atoms with Gasteiger partial charge >= 0.3 is 0 Å². The molecule has 8 heavy (non-hydrogen) atoms. The molecule has 3 heteroatoms. The van der Waals surface area contributed by atoms with E-state index in [9.17, 15) is 0 Å². The normalized spacial score (nSPS) is 15.5. The van der Waals surface area contributed by atoms with E-state index in [1.807, 2.05) is 0 Å². The summed E-state index contributed by atoms with van der Waals surface area (Å²) in [5.41, 5.74) is 0. The molecule has 0 saturated carbocycles. The van der Waals surface area contributed by atoms with Gasteiger partial charge in [-0.05, 0) is 0 Å². The topological polar surface area (TPSA) is 38.1 Å². The summed E-state index contributed by atoms with van der Waals surface area (Å²) in [4.78, 5) is 3.92. The lowest BCUT2D eigenvalue weighted by atomic mass is 10.4. The lowest BCUT2D eigenvalue weighted by Gasteiger charge is -1.83. The maximum Gasteiger partial charge on any atom is 0.183 e. The Hall–Kier alpha value is -0.990. The Balaban J connectivity index is 2.54. The minimum atomic E-state index is 0.921. The number of rotatable bonds is 0. The molecule has 2 rings (SSSR count). The lowest BCUT2D eigenvalue weighted by molar-refractivity contribution is 0.513. The van der Waals surface area contributed by atoms with Crippen molar-refractivity contribution >= 4 is 5.82 Å². The zero-order valence-electron chi connectivity index (χ0n) is 4.35. The molecular weight excluding hydrogens is 104 g/mol. The Morgan fingerprint density at radius 1 is 1.75 bits per heavy atom. The summed E-state index contributed by atoms with van der Waals surface area (Å²) >= 11 is 0. The zero-order valence-corrected chi connectivity index (χ0v) is 4.35. The van der Waals surface area contributed by atoms with E-state index in [-0.39, 0.29) is 0 Å². The number of hydrogen-bond donors (Lipinski definition) is 1. The molecule has 0 unspecified atom stereocenters. The van der Waals surface area contributed by atoms with Crippen LogP contribution in [-0.2, 0) is 6.42 Å². The van der Waals surface area contributed by atoms with Gasteiger partial charge in [-0.3, -0.25) is 0 Å². The number of nitrogens with one attached hydrogen (secondary N) is 1. The first-order valence-corrected chi connectivity index (χ1v) is 2.63. The molecule has 0 aromatic carbocycles. The van der Waals surface area contributed by atoms with Crippen LogP contribution in [-0.4, -0.2) is 11.5 Å². The second kappa shape index (κ2) is 1.24. The maximum atomic E-state index is 5.00. The van der Waals surface area contributed by atoms with Crippen molar-refractivity contribution in [3.63, 3.8) is 0 Å². The van der Waals surface area contributed by atoms with Crippen molar-refractivity contribution in [3.05, 3.63) is 12.2 Å². The minimum absolute atomic E-state index is 0.921. The molecule has 42 valence electrons. The van der Waals surface area contributed by atoms with Crippen LogP contribution in [0.2, 0.25) is 0 Å². The van der Waals surface area contributed by atoms with Gasteiger partial charge in [0.2, 0.25) is 0 Å². The highest BCUT2D eigenvalue weighted by molar-refractivity contribution is 5.42. The smallest absolute Gasteiger partial charge is 0.183 e. The molecule has 0 atom stereocenters. The van der Waals surface area contributed by atoms with E-state index in [1.54, 1.807) is 0 Å². The molecule has 0 bridgehead atoms. The van der Waals surface area contributed by atoms with E-state index in [1.165, 1.54) is 6.39 Å². The highest BCUT2D eigenvalue weighted by Crippen LogP contribution is 2.17. The number of nitrogens with zero attached hydrogens (tertiary/aromatic N) is 1. The van der Waals surface area contributed by atoms with Gasteiger partial charge in [0.25, 0.3) is 0 Å². The largest absolute Gasteiger partial charge is 0.446 e. The summed E-state index contributed by atoms with van der Waals surface area (Å²) in [6.45, 7) is 0.974. The quantitative estimate of drug-likeness (QED) is 0.532. The van der Waals surface area contributed by atoms with E-state index < -0.39 is 0 Å². The van der Waals surface area contributed by atoms with Crippen LogP contribution in [0.3, 0.4) is 0 Å². The summed E-state index contributed by atoms with van der Waals surface area (Å²) in [5.74, 6) is 1.91. The summed E-state index contributed by atoms with van der Waals surface area (Å²) in [7, 11) is 0. The summed E-state index contributed by atoms with van der Waals surface area (Å²) in [5, 5.41) is 3.08. The Kier molecular flexibility index (Phi) is 0.614. The lowest BCUT2D eigenvalue weighted by Crippen LogP contribution is -1.92. The monoisotopic (exact) mass is 110 g/mol. The van der Waals surface area contributed by atoms with Gasteiger partial charge in [0.15, 0.2) is 12.2 Å². The second-order valence-corrected chi connectivity index (χ2v) is 1.80. The first-order chi connectivity index (χ1) is 3.97. The molecule has 2 heterocycles. The Morgan fingerprint density at radius 2 is 2.75 bits per heavy atom. The van der Waals surface area contributed by atoms with Crippen LogP contribution < -0.4 is 5.32 Å². The van der Waals surface area contributed by atoms with Gasteiger partial charge in [0, 0.05) is 13.0 Å². The fraction of sp³-hybridized carbons (Fsp3) is 0.400. The Morgan fingerprint density at radius 3 is 3.62 bits per heavy atom. The van der Waals surface area contributed by atoms with Crippen LogP contribution >= 0.6 is 0 Å². The van der Waals surface area contributed by atoms with Crippen molar-refractivity contribution in [1.29, 1.82) is 0 Å². The van der Waals surface area contributed by atoms with Crippen molar-refractivity contribution in [2.24, 2.45) is 0 Å². The van der Waals surface area contributed by atoms with Crippen LogP contribution in [0.4, 0.5) is 5.82 Å². The molecule has 1 aliphatic heterocycles. The van der Waals surface area contributed by atoms with Gasteiger partial charge < -0.3 is 9.73 Å². The van der Waals surface area contributed by atoms with E-state index in [2.05, 4.69) is 10.3 Å². The predicted octanol–water partition coefficient (Wildman–Crippen LogP) is 0.643. The van der Waals surface area contributed by atoms with Gasteiger partial charge in [-0.2, -0.15) is 4.98 Å². The Labute approximate surface area is 46.7 Å². The van der Waals surface area contributed by atoms with Crippen molar-refractivity contribution in [1.82, 2.24) is 4.98 Å². The van der Waals surface area contributed by atoms with E-state index in [0.29, 0.717) is 0 Å². The molecule has 1 aromatic heterocycles. The van der Waals surface area contributed by atoms with Crippen molar-refractivity contribution < 1.29 is 4.42 Å².